The van der Waals surface area contributed by atoms with Crippen molar-refractivity contribution >= 4 is 28.9 Å². The summed E-state index contributed by atoms with van der Waals surface area (Å²) in [4.78, 5) is 15.7. The Morgan fingerprint density at radius 3 is 2.69 bits per heavy atom. The Kier molecular flexibility index (Phi) is 5.85. The molecule has 26 heavy (non-hydrogen) atoms. The number of carbonyl (C=O) groups is 1. The number of ether oxygens (including phenoxy) is 1. The van der Waals surface area contributed by atoms with Crippen molar-refractivity contribution in [2.24, 2.45) is 0 Å². The van der Waals surface area contributed by atoms with Crippen molar-refractivity contribution in [2.45, 2.75) is 0 Å². The van der Waals surface area contributed by atoms with Crippen LogP contribution in [0, 0.1) is 0 Å². The summed E-state index contributed by atoms with van der Waals surface area (Å²) in [5.74, 6) is 0.806. The standard InChI is InChI=1S/C19H22ClN3O3/c1-26-18-7-6-14(20)12-15(18)21-19(25)13-22-8-10-23(11-9-22)16-4-2-3-5-17(16)24/h2-7,12,24H,8-11,13H2,1H3,(H,21,25)/p+1. The zero-order valence-corrected chi connectivity index (χ0v) is 15.4. The number of halogens is 1. The molecule has 0 aliphatic carbocycles. The van der Waals surface area contributed by atoms with Crippen molar-refractivity contribution in [1.82, 2.24) is 0 Å². The van der Waals surface area contributed by atoms with Gasteiger partial charge in [0, 0.05) is 5.02 Å². The Labute approximate surface area is 157 Å². The minimum Gasteiger partial charge on any atom is -0.506 e. The number of aromatic hydroxyl groups is 1. The highest BCUT2D eigenvalue weighted by Gasteiger charge is 2.24. The number of methoxy groups -OCH3 is 1. The van der Waals surface area contributed by atoms with Gasteiger partial charge in [0.2, 0.25) is 0 Å². The summed E-state index contributed by atoms with van der Waals surface area (Å²) >= 11 is 6.00. The number of nitrogens with zero attached hydrogens (tertiary/aromatic N) is 1. The van der Waals surface area contributed by atoms with Crippen LogP contribution in [0.5, 0.6) is 11.5 Å². The lowest BCUT2D eigenvalue weighted by molar-refractivity contribution is -0.892. The molecule has 1 heterocycles. The summed E-state index contributed by atoms with van der Waals surface area (Å²) in [7, 11) is 1.56. The minimum absolute atomic E-state index is 0.0726. The Morgan fingerprint density at radius 2 is 2.00 bits per heavy atom. The second kappa shape index (κ2) is 8.29. The number of para-hydroxylation sites is 2. The number of phenolic OH excluding ortho intramolecular Hbond substituents is 1. The first-order chi connectivity index (χ1) is 12.6. The Morgan fingerprint density at radius 1 is 1.27 bits per heavy atom. The zero-order valence-electron chi connectivity index (χ0n) is 14.7. The van der Waals surface area contributed by atoms with Crippen molar-refractivity contribution in [3.63, 3.8) is 0 Å². The molecule has 2 aromatic rings. The molecule has 2 aromatic carbocycles. The molecular weight excluding hydrogens is 354 g/mol. The molecule has 0 unspecified atom stereocenters. The molecule has 0 atom stereocenters. The highest BCUT2D eigenvalue weighted by Crippen LogP contribution is 2.27. The van der Waals surface area contributed by atoms with Crippen LogP contribution in [-0.2, 0) is 4.79 Å². The van der Waals surface area contributed by atoms with Gasteiger partial charge in [0.05, 0.1) is 44.7 Å². The van der Waals surface area contributed by atoms with Crippen LogP contribution in [0.4, 0.5) is 11.4 Å². The van der Waals surface area contributed by atoms with E-state index in [9.17, 15) is 9.90 Å². The summed E-state index contributed by atoms with van der Waals surface area (Å²) in [5, 5.41) is 13.4. The normalized spacial score (nSPS) is 14.9. The van der Waals surface area contributed by atoms with Gasteiger partial charge in [-0.3, -0.25) is 4.79 Å². The molecule has 3 rings (SSSR count). The lowest BCUT2D eigenvalue weighted by Crippen LogP contribution is -3.15. The van der Waals surface area contributed by atoms with Crippen LogP contribution in [0.25, 0.3) is 0 Å². The second-order valence-corrected chi connectivity index (χ2v) is 6.73. The van der Waals surface area contributed by atoms with E-state index in [1.165, 1.54) is 4.90 Å². The van der Waals surface area contributed by atoms with Gasteiger partial charge in [-0.2, -0.15) is 0 Å². The van der Waals surface area contributed by atoms with E-state index in [0.717, 1.165) is 31.9 Å². The highest BCUT2D eigenvalue weighted by atomic mass is 35.5. The van der Waals surface area contributed by atoms with E-state index in [2.05, 4.69) is 10.2 Å². The Balaban J connectivity index is 1.54. The molecule has 0 bridgehead atoms. The number of phenols is 1. The fourth-order valence-corrected chi connectivity index (χ4v) is 3.34. The van der Waals surface area contributed by atoms with Crippen LogP contribution >= 0.6 is 11.6 Å². The molecular formula is C19H23ClN3O3+. The maximum absolute atomic E-state index is 12.4. The number of nitrogens with one attached hydrogen (secondary N) is 2. The van der Waals surface area contributed by atoms with Gasteiger partial charge in [0.1, 0.15) is 11.5 Å². The van der Waals surface area contributed by atoms with Gasteiger partial charge in [0.15, 0.2) is 6.54 Å². The van der Waals surface area contributed by atoms with Crippen LogP contribution < -0.4 is 19.9 Å². The first-order valence-electron chi connectivity index (χ1n) is 8.56. The van der Waals surface area contributed by atoms with E-state index < -0.39 is 0 Å². The average molecular weight is 377 g/mol. The molecule has 1 aliphatic heterocycles. The number of quaternary nitrogens is 1. The van der Waals surface area contributed by atoms with Crippen molar-refractivity contribution < 1.29 is 19.5 Å². The van der Waals surface area contributed by atoms with Crippen LogP contribution in [-0.4, -0.2) is 50.8 Å². The molecule has 1 saturated heterocycles. The summed E-state index contributed by atoms with van der Waals surface area (Å²) < 4.78 is 5.25. The molecule has 0 aromatic heterocycles. The van der Waals surface area contributed by atoms with E-state index in [0.29, 0.717) is 28.8 Å². The van der Waals surface area contributed by atoms with E-state index in [4.69, 9.17) is 16.3 Å². The number of carbonyl (C=O) groups excluding carboxylic acids is 1. The zero-order chi connectivity index (χ0) is 18.5. The molecule has 0 saturated carbocycles. The van der Waals surface area contributed by atoms with Crippen LogP contribution in [0.2, 0.25) is 5.02 Å². The largest absolute Gasteiger partial charge is 0.506 e. The molecule has 0 radical (unpaired) electrons. The summed E-state index contributed by atoms with van der Waals surface area (Å²) in [6.07, 6.45) is 0. The predicted octanol–water partition coefficient (Wildman–Crippen LogP) is 1.40. The third-order valence-electron chi connectivity index (χ3n) is 4.54. The monoisotopic (exact) mass is 376 g/mol. The van der Waals surface area contributed by atoms with Crippen molar-refractivity contribution in [2.75, 3.05) is 50.1 Å². The van der Waals surface area contributed by atoms with Gasteiger partial charge in [0.25, 0.3) is 5.91 Å². The van der Waals surface area contributed by atoms with Gasteiger partial charge in [-0.25, -0.2) is 0 Å². The summed E-state index contributed by atoms with van der Waals surface area (Å²) in [6, 6.07) is 12.5. The first-order valence-corrected chi connectivity index (χ1v) is 8.94. The van der Waals surface area contributed by atoms with Crippen molar-refractivity contribution in [3.05, 3.63) is 47.5 Å². The quantitative estimate of drug-likeness (QED) is 0.738. The number of piperazine rings is 1. The molecule has 3 N–H and O–H groups in total. The Bertz CT molecular complexity index is 776. The van der Waals surface area contributed by atoms with Gasteiger partial charge in [-0.15, -0.1) is 0 Å². The number of benzene rings is 2. The summed E-state index contributed by atoms with van der Waals surface area (Å²) in [6.45, 7) is 3.62. The van der Waals surface area contributed by atoms with E-state index in [1.54, 1.807) is 31.4 Å². The first kappa shape index (κ1) is 18.4. The van der Waals surface area contributed by atoms with Crippen LogP contribution in [0.15, 0.2) is 42.5 Å². The fourth-order valence-electron chi connectivity index (χ4n) is 3.17. The molecule has 0 spiro atoms. The fraction of sp³-hybridized carbons (Fsp3) is 0.316. The van der Waals surface area contributed by atoms with Crippen molar-refractivity contribution in [1.29, 1.82) is 0 Å². The molecule has 1 aliphatic rings. The lowest BCUT2D eigenvalue weighted by atomic mass is 10.2. The number of hydrogen-bond donors (Lipinski definition) is 3. The van der Waals surface area contributed by atoms with Crippen LogP contribution in [0.1, 0.15) is 0 Å². The SMILES string of the molecule is COc1ccc(Cl)cc1NC(=O)C[NH+]1CCN(c2ccccc2O)CC1. The molecule has 1 amide bonds. The van der Waals surface area contributed by atoms with E-state index in [-0.39, 0.29) is 5.91 Å². The van der Waals surface area contributed by atoms with Gasteiger partial charge >= 0.3 is 0 Å². The van der Waals surface area contributed by atoms with Crippen LogP contribution in [0.3, 0.4) is 0 Å². The average Bonchev–Trinajstić information content (AvgIpc) is 2.63. The topological polar surface area (TPSA) is 66.2 Å². The molecule has 1 fully saturated rings. The number of anilines is 2. The third-order valence-corrected chi connectivity index (χ3v) is 4.77. The minimum atomic E-state index is -0.0726. The maximum Gasteiger partial charge on any atom is 0.279 e. The maximum atomic E-state index is 12.4. The number of amides is 1. The van der Waals surface area contributed by atoms with Crippen molar-refractivity contribution in [3.8, 4) is 11.5 Å². The molecule has 7 heteroatoms. The highest BCUT2D eigenvalue weighted by molar-refractivity contribution is 6.31. The predicted molar refractivity (Wildman–Crippen MR) is 103 cm³/mol. The summed E-state index contributed by atoms with van der Waals surface area (Å²) in [5.41, 5.74) is 1.43. The third kappa shape index (κ3) is 4.39. The number of hydrogen-bond acceptors (Lipinski definition) is 4. The molecule has 6 nitrogen and oxygen atoms in total. The van der Waals surface area contributed by atoms with Gasteiger partial charge in [-0.05, 0) is 30.3 Å². The van der Waals surface area contributed by atoms with Gasteiger partial charge in [-0.1, -0.05) is 23.7 Å². The molecule has 138 valence electrons. The lowest BCUT2D eigenvalue weighted by Gasteiger charge is -2.33. The van der Waals surface area contributed by atoms with E-state index >= 15 is 0 Å². The Hall–Kier alpha value is -2.44. The second-order valence-electron chi connectivity index (χ2n) is 6.30. The van der Waals surface area contributed by atoms with E-state index in [1.807, 2.05) is 18.2 Å². The van der Waals surface area contributed by atoms with Gasteiger partial charge < -0.3 is 25.0 Å². The smallest absolute Gasteiger partial charge is 0.279 e. The number of rotatable bonds is 5.